The molecule has 0 fully saturated rings. The third-order valence-electron chi connectivity index (χ3n) is 3.79. The fourth-order valence-corrected chi connectivity index (χ4v) is 2.59. The van der Waals surface area contributed by atoms with E-state index in [0.29, 0.717) is 0 Å². The molecule has 0 saturated heterocycles. The molecule has 0 nitrogen and oxygen atoms in total. The summed E-state index contributed by atoms with van der Waals surface area (Å²) < 4.78 is 0. The molecule has 0 aromatic heterocycles. The van der Waals surface area contributed by atoms with Crippen LogP contribution >= 0.6 is 0 Å². The second-order valence-electron chi connectivity index (χ2n) is 5.56. The van der Waals surface area contributed by atoms with Crippen LogP contribution in [0.5, 0.6) is 0 Å². The smallest absolute Gasteiger partial charge is 0.0414 e. The first-order chi connectivity index (χ1) is 8.35. The molecule has 0 amide bonds. The second kappa shape index (κ2) is 14.1. The molecular weight excluding hydrogens is 204 g/mol. The third kappa shape index (κ3) is 12.2. The van der Waals surface area contributed by atoms with Crippen LogP contribution in [0.15, 0.2) is 0 Å². The van der Waals surface area contributed by atoms with Crippen molar-refractivity contribution < 1.29 is 0 Å². The Morgan fingerprint density at radius 1 is 0.647 bits per heavy atom. The number of rotatable bonds is 13. The van der Waals surface area contributed by atoms with Gasteiger partial charge in [-0.1, -0.05) is 104 Å². The highest BCUT2D eigenvalue weighted by Gasteiger charge is 2.07. The molecule has 0 bridgehead atoms. The highest BCUT2D eigenvalue weighted by molar-refractivity contribution is 4.61. The molecular formula is C17H35. The molecule has 0 spiro atoms. The standard InChI is InChI=1S/C17H35/c1-4-7-10-11-13-16-17(14-9-6-3)15-12-8-5-2/h17H,3-16H2,1-2H3. The van der Waals surface area contributed by atoms with Crippen molar-refractivity contribution in [3.63, 3.8) is 0 Å². The first-order valence-corrected chi connectivity index (χ1v) is 8.14. The van der Waals surface area contributed by atoms with Gasteiger partial charge in [-0.25, -0.2) is 0 Å². The van der Waals surface area contributed by atoms with Gasteiger partial charge in [0, 0.05) is 0 Å². The van der Waals surface area contributed by atoms with Crippen molar-refractivity contribution in [1.29, 1.82) is 0 Å². The highest BCUT2D eigenvalue weighted by atomic mass is 14.1. The lowest BCUT2D eigenvalue weighted by atomic mass is 9.90. The van der Waals surface area contributed by atoms with E-state index >= 15 is 0 Å². The summed E-state index contributed by atoms with van der Waals surface area (Å²) in [5.41, 5.74) is 0. The molecule has 1 unspecified atom stereocenters. The maximum absolute atomic E-state index is 3.97. The van der Waals surface area contributed by atoms with E-state index in [4.69, 9.17) is 0 Å². The molecule has 0 N–H and O–H groups in total. The summed E-state index contributed by atoms with van der Waals surface area (Å²) in [4.78, 5) is 0. The molecule has 17 heavy (non-hydrogen) atoms. The second-order valence-corrected chi connectivity index (χ2v) is 5.56. The summed E-state index contributed by atoms with van der Waals surface area (Å²) in [6.45, 7) is 8.57. The third-order valence-corrected chi connectivity index (χ3v) is 3.79. The van der Waals surface area contributed by atoms with E-state index in [1.54, 1.807) is 0 Å². The lowest BCUT2D eigenvalue weighted by Crippen LogP contribution is -2.01. The molecule has 0 aromatic carbocycles. The van der Waals surface area contributed by atoms with E-state index in [1.807, 2.05) is 0 Å². The van der Waals surface area contributed by atoms with Crippen molar-refractivity contribution in [3.05, 3.63) is 6.92 Å². The predicted octanol–water partition coefficient (Wildman–Crippen LogP) is 6.55. The average Bonchev–Trinajstić information content (AvgIpc) is 2.35. The van der Waals surface area contributed by atoms with Gasteiger partial charge in [0.15, 0.2) is 0 Å². The summed E-state index contributed by atoms with van der Waals surface area (Å²) in [6.07, 6.45) is 18.3. The Labute approximate surface area is 111 Å². The Morgan fingerprint density at radius 3 is 1.71 bits per heavy atom. The molecule has 1 atom stereocenters. The summed E-state index contributed by atoms with van der Waals surface area (Å²) in [7, 11) is 0. The van der Waals surface area contributed by atoms with Crippen LogP contribution in [0.3, 0.4) is 0 Å². The van der Waals surface area contributed by atoms with Gasteiger partial charge in [0.2, 0.25) is 0 Å². The van der Waals surface area contributed by atoms with Gasteiger partial charge in [-0.15, -0.1) is 0 Å². The van der Waals surface area contributed by atoms with Gasteiger partial charge >= 0.3 is 0 Å². The van der Waals surface area contributed by atoms with Gasteiger partial charge in [-0.2, -0.15) is 0 Å². The van der Waals surface area contributed by atoms with E-state index < -0.39 is 0 Å². The van der Waals surface area contributed by atoms with Crippen LogP contribution in [-0.4, -0.2) is 0 Å². The van der Waals surface area contributed by atoms with Gasteiger partial charge in [0.1, 0.15) is 0 Å². The molecule has 103 valence electrons. The zero-order valence-electron chi connectivity index (χ0n) is 12.5. The minimum Gasteiger partial charge on any atom is -0.0654 e. The fraction of sp³-hybridized carbons (Fsp3) is 0.941. The van der Waals surface area contributed by atoms with Crippen LogP contribution in [0.1, 0.15) is 97.3 Å². The first-order valence-electron chi connectivity index (χ1n) is 8.14. The highest BCUT2D eigenvalue weighted by Crippen LogP contribution is 2.23. The Bertz CT molecular complexity index is 128. The van der Waals surface area contributed by atoms with E-state index in [2.05, 4.69) is 20.8 Å². The maximum Gasteiger partial charge on any atom is -0.0414 e. The Balaban J connectivity index is 3.53. The topological polar surface area (TPSA) is 0 Å². The van der Waals surface area contributed by atoms with Crippen molar-refractivity contribution in [2.24, 2.45) is 5.92 Å². The minimum absolute atomic E-state index is 1.00. The Morgan fingerprint density at radius 2 is 1.12 bits per heavy atom. The monoisotopic (exact) mass is 239 g/mol. The van der Waals surface area contributed by atoms with Crippen LogP contribution in [0.25, 0.3) is 0 Å². The summed E-state index contributed by atoms with van der Waals surface area (Å²) >= 11 is 0. The summed E-state index contributed by atoms with van der Waals surface area (Å²) in [5.74, 6) is 1.00. The average molecular weight is 239 g/mol. The molecule has 0 heteroatoms. The first kappa shape index (κ1) is 17.0. The molecule has 1 radical (unpaired) electrons. The minimum atomic E-state index is 1.00. The molecule has 0 saturated carbocycles. The van der Waals surface area contributed by atoms with Crippen LogP contribution in [0.2, 0.25) is 0 Å². The largest absolute Gasteiger partial charge is 0.0654 e. The zero-order valence-corrected chi connectivity index (χ0v) is 12.5. The molecule has 0 heterocycles. The zero-order chi connectivity index (χ0) is 12.8. The SMILES string of the molecule is [CH2]CCCC(CCCCC)CCCCCCC. The Kier molecular flexibility index (Phi) is 14.1. The van der Waals surface area contributed by atoms with Crippen LogP contribution < -0.4 is 0 Å². The van der Waals surface area contributed by atoms with Crippen molar-refractivity contribution >= 4 is 0 Å². The summed E-state index contributed by atoms with van der Waals surface area (Å²) in [5, 5.41) is 0. The lowest BCUT2D eigenvalue weighted by Gasteiger charge is -2.16. The van der Waals surface area contributed by atoms with Gasteiger partial charge in [0.25, 0.3) is 0 Å². The predicted molar refractivity (Wildman–Crippen MR) is 80.2 cm³/mol. The molecule has 0 aliphatic rings. The van der Waals surface area contributed by atoms with Crippen molar-refractivity contribution in [3.8, 4) is 0 Å². The number of hydrogen-bond acceptors (Lipinski definition) is 0. The van der Waals surface area contributed by atoms with Gasteiger partial charge in [-0.3, -0.25) is 0 Å². The van der Waals surface area contributed by atoms with E-state index in [1.165, 1.54) is 77.0 Å². The van der Waals surface area contributed by atoms with Crippen LogP contribution in [0, 0.1) is 12.8 Å². The molecule has 0 aliphatic carbocycles. The Hall–Kier alpha value is 0. The van der Waals surface area contributed by atoms with E-state index in [-0.39, 0.29) is 0 Å². The van der Waals surface area contributed by atoms with E-state index in [9.17, 15) is 0 Å². The van der Waals surface area contributed by atoms with Crippen LogP contribution in [-0.2, 0) is 0 Å². The van der Waals surface area contributed by atoms with E-state index in [0.717, 1.165) is 12.3 Å². The van der Waals surface area contributed by atoms with Crippen molar-refractivity contribution in [2.75, 3.05) is 0 Å². The quantitative estimate of drug-likeness (QED) is 0.320. The molecule has 0 aliphatic heterocycles. The van der Waals surface area contributed by atoms with Gasteiger partial charge < -0.3 is 0 Å². The van der Waals surface area contributed by atoms with Gasteiger partial charge in [-0.05, 0) is 5.92 Å². The maximum atomic E-state index is 3.97. The normalized spacial score (nSPS) is 12.9. The van der Waals surface area contributed by atoms with Crippen molar-refractivity contribution in [1.82, 2.24) is 0 Å². The molecule has 0 aromatic rings. The fourth-order valence-electron chi connectivity index (χ4n) is 2.59. The van der Waals surface area contributed by atoms with Crippen LogP contribution in [0.4, 0.5) is 0 Å². The number of hydrogen-bond donors (Lipinski definition) is 0. The van der Waals surface area contributed by atoms with Crippen molar-refractivity contribution in [2.45, 2.75) is 97.3 Å². The molecule has 0 rings (SSSR count). The lowest BCUT2D eigenvalue weighted by molar-refractivity contribution is 0.376. The van der Waals surface area contributed by atoms with Gasteiger partial charge in [0.05, 0.1) is 0 Å². The summed E-state index contributed by atoms with van der Waals surface area (Å²) in [6, 6.07) is 0. The number of unbranched alkanes of at least 4 members (excludes halogenated alkanes) is 7.